The van der Waals surface area contributed by atoms with E-state index in [4.69, 9.17) is 14.2 Å². The summed E-state index contributed by atoms with van der Waals surface area (Å²) in [6, 6.07) is 0. The molecule has 0 aromatic heterocycles. The summed E-state index contributed by atoms with van der Waals surface area (Å²) in [5.74, 6) is 0. The average Bonchev–Trinajstić information content (AvgIpc) is 2.45. The summed E-state index contributed by atoms with van der Waals surface area (Å²) in [4.78, 5) is 0. The minimum absolute atomic E-state index is 0. The van der Waals surface area contributed by atoms with Crippen molar-refractivity contribution in [2.45, 2.75) is 45.4 Å². The Morgan fingerprint density at radius 1 is 0.696 bits per heavy atom. The Hall–Kier alpha value is 0.750. The van der Waals surface area contributed by atoms with Crippen molar-refractivity contribution in [3.63, 3.8) is 0 Å². The van der Waals surface area contributed by atoms with Crippen LogP contribution in [0.4, 0.5) is 0 Å². The van der Waals surface area contributed by atoms with Gasteiger partial charge >= 0.3 is 29.6 Å². The molecule has 9 heteroatoms. The van der Waals surface area contributed by atoms with Gasteiger partial charge in [0.1, 0.15) is 0 Å². The minimum atomic E-state index is -4.57. The summed E-state index contributed by atoms with van der Waals surface area (Å²) in [6.45, 7) is 5.52. The third kappa shape index (κ3) is 25.1. The summed E-state index contributed by atoms with van der Waals surface area (Å²) in [5, 5.41) is 0. The second-order valence-electron chi connectivity index (χ2n) is 4.84. The fraction of sp³-hybridized carbons (Fsp3) is 1.00. The number of unbranched alkanes of at least 4 members (excludes halogenated alkanes) is 4. The van der Waals surface area contributed by atoms with Crippen molar-refractivity contribution in [2.75, 3.05) is 46.2 Å². The topological polar surface area (TPSA) is 94.1 Å². The van der Waals surface area contributed by atoms with Crippen molar-refractivity contribution in [3.8, 4) is 0 Å². The monoisotopic (exact) mass is 364 g/mol. The van der Waals surface area contributed by atoms with E-state index >= 15 is 0 Å². The predicted molar refractivity (Wildman–Crippen MR) is 81.5 cm³/mol. The van der Waals surface area contributed by atoms with Gasteiger partial charge in [0.25, 0.3) is 0 Å². The molecule has 0 aromatic rings. The van der Waals surface area contributed by atoms with Crippen LogP contribution in [0.3, 0.4) is 0 Å². The first-order chi connectivity index (χ1) is 10.6. The molecule has 0 aliphatic heterocycles. The van der Waals surface area contributed by atoms with Crippen LogP contribution in [-0.4, -0.2) is 59.2 Å². The summed E-state index contributed by atoms with van der Waals surface area (Å²) in [5.41, 5.74) is 0. The molecule has 0 bridgehead atoms. The van der Waals surface area contributed by atoms with Crippen LogP contribution in [0, 0.1) is 0 Å². The van der Waals surface area contributed by atoms with Gasteiger partial charge in [-0.15, -0.1) is 0 Å². The molecular formula is C14H29NaO7S. The van der Waals surface area contributed by atoms with Gasteiger partial charge in [0.05, 0.1) is 33.0 Å². The Morgan fingerprint density at radius 3 is 1.61 bits per heavy atom. The molecule has 0 radical (unpaired) electrons. The second kappa shape index (κ2) is 19.1. The summed E-state index contributed by atoms with van der Waals surface area (Å²) >= 11 is 0. The van der Waals surface area contributed by atoms with E-state index < -0.39 is 10.4 Å². The Morgan fingerprint density at radius 2 is 1.13 bits per heavy atom. The fourth-order valence-corrected chi connectivity index (χ4v) is 1.96. The minimum Gasteiger partial charge on any atom is -0.726 e. The number of hydrogen-bond acceptors (Lipinski definition) is 7. The van der Waals surface area contributed by atoms with Crippen LogP contribution in [0.15, 0.2) is 0 Å². The molecule has 0 rings (SSSR count). The first-order valence-electron chi connectivity index (χ1n) is 7.89. The Balaban J connectivity index is 0. The van der Waals surface area contributed by atoms with Crippen molar-refractivity contribution in [1.82, 2.24) is 0 Å². The number of ether oxygens (including phenoxy) is 3. The zero-order valence-electron chi connectivity index (χ0n) is 14.5. The van der Waals surface area contributed by atoms with Crippen LogP contribution in [0.25, 0.3) is 0 Å². The second-order valence-corrected chi connectivity index (χ2v) is 5.89. The van der Waals surface area contributed by atoms with Crippen LogP contribution in [-0.2, 0) is 28.8 Å². The standard InChI is InChI=1S/C14H30O7S.Na/c1-2-3-4-5-8-18-11-13-20-14-12-19-9-6-7-10-21-22(15,16)17;/h2-14H2,1H3,(H,15,16,17);/q;+1/p-1. The largest absolute Gasteiger partial charge is 1.00 e. The van der Waals surface area contributed by atoms with E-state index in [0.29, 0.717) is 45.9 Å². The van der Waals surface area contributed by atoms with E-state index in [1.807, 2.05) is 0 Å². The van der Waals surface area contributed by atoms with E-state index in [1.54, 1.807) is 0 Å². The van der Waals surface area contributed by atoms with Gasteiger partial charge in [-0.25, -0.2) is 8.42 Å². The Bertz CT molecular complexity index is 325. The van der Waals surface area contributed by atoms with E-state index in [0.717, 1.165) is 13.0 Å². The maximum Gasteiger partial charge on any atom is 1.00 e. The number of hydrogen-bond donors (Lipinski definition) is 0. The molecule has 0 unspecified atom stereocenters. The van der Waals surface area contributed by atoms with E-state index in [1.165, 1.54) is 19.3 Å². The van der Waals surface area contributed by atoms with Crippen molar-refractivity contribution in [2.24, 2.45) is 0 Å². The quantitative estimate of drug-likeness (QED) is 0.140. The van der Waals surface area contributed by atoms with Crippen LogP contribution in [0.5, 0.6) is 0 Å². The molecule has 0 fully saturated rings. The van der Waals surface area contributed by atoms with Crippen LogP contribution in [0.1, 0.15) is 45.4 Å². The van der Waals surface area contributed by atoms with Crippen LogP contribution >= 0.6 is 0 Å². The molecule has 0 aliphatic carbocycles. The SMILES string of the molecule is CCCCCCOCCOCCOCCCCOS(=O)(=O)[O-].[Na+]. The molecule has 0 spiro atoms. The Kier molecular flexibility index (Phi) is 21.6. The van der Waals surface area contributed by atoms with Crippen molar-refractivity contribution in [1.29, 1.82) is 0 Å². The summed E-state index contributed by atoms with van der Waals surface area (Å²) < 4.78 is 50.5. The molecule has 23 heavy (non-hydrogen) atoms. The van der Waals surface area contributed by atoms with Gasteiger partial charge in [0, 0.05) is 13.2 Å². The Labute approximate surface area is 162 Å². The molecule has 7 nitrogen and oxygen atoms in total. The van der Waals surface area contributed by atoms with Gasteiger partial charge in [0.2, 0.25) is 10.4 Å². The molecule has 0 saturated heterocycles. The first kappa shape index (κ1) is 26.0. The molecule has 0 heterocycles. The smallest absolute Gasteiger partial charge is 0.726 e. The van der Waals surface area contributed by atoms with Gasteiger partial charge in [-0.2, -0.15) is 0 Å². The molecule has 0 aromatic carbocycles. The fourth-order valence-electron chi connectivity index (χ4n) is 1.64. The van der Waals surface area contributed by atoms with E-state index in [9.17, 15) is 13.0 Å². The van der Waals surface area contributed by atoms with Gasteiger partial charge in [0.15, 0.2) is 0 Å². The maximum absolute atomic E-state index is 10.1. The van der Waals surface area contributed by atoms with Crippen molar-refractivity contribution in [3.05, 3.63) is 0 Å². The molecular weight excluding hydrogens is 335 g/mol. The molecule has 0 atom stereocenters. The summed E-state index contributed by atoms with van der Waals surface area (Å²) in [6.07, 6.45) is 5.92. The predicted octanol–water partition coefficient (Wildman–Crippen LogP) is -1.12. The molecule has 0 saturated carbocycles. The van der Waals surface area contributed by atoms with Crippen LogP contribution in [0.2, 0.25) is 0 Å². The zero-order chi connectivity index (χ0) is 16.5. The average molecular weight is 364 g/mol. The van der Waals surface area contributed by atoms with Gasteiger partial charge in [-0.3, -0.25) is 4.18 Å². The third-order valence-corrected chi connectivity index (χ3v) is 3.25. The zero-order valence-corrected chi connectivity index (χ0v) is 17.3. The molecule has 0 amide bonds. The normalized spacial score (nSPS) is 11.4. The van der Waals surface area contributed by atoms with Gasteiger partial charge < -0.3 is 18.8 Å². The molecule has 0 N–H and O–H groups in total. The van der Waals surface area contributed by atoms with Crippen molar-refractivity contribution >= 4 is 10.4 Å². The maximum atomic E-state index is 10.1. The molecule has 0 aliphatic rings. The van der Waals surface area contributed by atoms with Gasteiger partial charge in [-0.1, -0.05) is 26.2 Å². The first-order valence-corrected chi connectivity index (χ1v) is 9.23. The number of rotatable bonds is 17. The van der Waals surface area contributed by atoms with Gasteiger partial charge in [-0.05, 0) is 19.3 Å². The molecule has 134 valence electrons. The van der Waals surface area contributed by atoms with E-state index in [-0.39, 0.29) is 36.2 Å². The van der Waals surface area contributed by atoms with Crippen LogP contribution < -0.4 is 29.6 Å². The third-order valence-electron chi connectivity index (χ3n) is 2.80. The summed E-state index contributed by atoms with van der Waals surface area (Å²) in [7, 11) is -4.57. The van der Waals surface area contributed by atoms with Crippen molar-refractivity contribution < 1.29 is 60.9 Å². The van der Waals surface area contributed by atoms with E-state index in [2.05, 4.69) is 11.1 Å².